The molecule has 0 aromatic carbocycles. The van der Waals surface area contributed by atoms with Crippen LogP contribution in [0, 0.1) is 0 Å². The van der Waals surface area contributed by atoms with E-state index in [0.29, 0.717) is 6.61 Å². The maximum atomic E-state index is 11.2. The van der Waals surface area contributed by atoms with Crippen molar-refractivity contribution in [2.24, 2.45) is 5.73 Å². The van der Waals surface area contributed by atoms with Gasteiger partial charge in [0.2, 0.25) is 11.8 Å². The van der Waals surface area contributed by atoms with Crippen molar-refractivity contribution >= 4 is 17.8 Å². The minimum atomic E-state index is -1.33. The number of aliphatic carboxylic acids is 1. The van der Waals surface area contributed by atoms with Gasteiger partial charge in [-0.05, 0) is 0 Å². The highest BCUT2D eigenvalue weighted by molar-refractivity contribution is 5.88. The molecule has 0 heterocycles. The Kier molecular flexibility index (Phi) is 7.65. The molecule has 0 saturated heterocycles. The zero-order valence-corrected chi connectivity index (χ0v) is 9.47. The number of hydrogen-bond donors (Lipinski definition) is 3. The summed E-state index contributed by atoms with van der Waals surface area (Å²) in [7, 11) is 1.48. The summed E-state index contributed by atoms with van der Waals surface area (Å²) in [4.78, 5) is 32.4. The highest BCUT2D eigenvalue weighted by atomic mass is 16.5. The maximum absolute atomic E-state index is 11.2. The Morgan fingerprint density at radius 1 is 1.35 bits per heavy atom. The van der Waals surface area contributed by atoms with Crippen molar-refractivity contribution in [1.82, 2.24) is 5.32 Å². The summed E-state index contributed by atoms with van der Waals surface area (Å²) < 4.78 is 9.56. The van der Waals surface area contributed by atoms with Crippen LogP contribution >= 0.6 is 0 Å². The van der Waals surface area contributed by atoms with Gasteiger partial charge in [-0.2, -0.15) is 0 Å². The van der Waals surface area contributed by atoms with Crippen LogP contribution in [-0.4, -0.2) is 55.9 Å². The van der Waals surface area contributed by atoms with E-state index in [0.717, 1.165) is 0 Å². The highest BCUT2D eigenvalue weighted by Crippen LogP contribution is 1.92. The molecule has 0 saturated carbocycles. The number of nitrogens with one attached hydrogen (secondary N) is 1. The van der Waals surface area contributed by atoms with Crippen LogP contribution in [-0.2, 0) is 23.9 Å². The third kappa shape index (κ3) is 8.17. The van der Waals surface area contributed by atoms with E-state index in [1.54, 1.807) is 0 Å². The molecule has 4 N–H and O–H groups in total. The van der Waals surface area contributed by atoms with E-state index in [2.05, 4.69) is 10.1 Å². The second kappa shape index (κ2) is 8.48. The Balaban J connectivity index is 3.96. The van der Waals surface area contributed by atoms with Gasteiger partial charge in [0.15, 0.2) is 0 Å². The van der Waals surface area contributed by atoms with Gasteiger partial charge in [-0.15, -0.1) is 0 Å². The first-order chi connectivity index (χ1) is 7.97. The van der Waals surface area contributed by atoms with Gasteiger partial charge in [0, 0.05) is 7.11 Å². The number of primary amides is 1. The fourth-order valence-electron chi connectivity index (χ4n) is 0.944. The number of nitrogens with two attached hydrogens (primary N) is 1. The summed E-state index contributed by atoms with van der Waals surface area (Å²) in [6.45, 7) is 0.250. The van der Waals surface area contributed by atoms with Crippen LogP contribution in [0.2, 0.25) is 0 Å². The average Bonchev–Trinajstić information content (AvgIpc) is 2.22. The number of methoxy groups -OCH3 is 1. The molecule has 0 aromatic heterocycles. The van der Waals surface area contributed by atoms with Crippen molar-refractivity contribution in [2.75, 3.05) is 26.9 Å². The number of hydrogen-bond acceptors (Lipinski definition) is 5. The van der Waals surface area contributed by atoms with Crippen molar-refractivity contribution in [3.05, 3.63) is 0 Å². The molecule has 0 bridgehead atoms. The number of rotatable bonds is 9. The van der Waals surface area contributed by atoms with Crippen LogP contribution in [0.25, 0.3) is 0 Å². The van der Waals surface area contributed by atoms with E-state index in [4.69, 9.17) is 15.6 Å². The van der Waals surface area contributed by atoms with Crippen molar-refractivity contribution in [2.45, 2.75) is 12.5 Å². The standard InChI is InChI=1S/C9H16N2O6/c1-16-2-3-17-5-8(13)11-6(9(14)15)4-7(10)12/h6H,2-5H2,1H3,(H2,10,12)(H,11,13)(H,14,15)/t6-/m1/s1. The first kappa shape index (κ1) is 15.3. The second-order valence-electron chi connectivity index (χ2n) is 3.17. The Morgan fingerprint density at radius 2 is 2.00 bits per heavy atom. The highest BCUT2D eigenvalue weighted by Gasteiger charge is 2.21. The van der Waals surface area contributed by atoms with Gasteiger partial charge in [0.25, 0.3) is 0 Å². The SMILES string of the molecule is COCCOCC(=O)N[C@H](CC(N)=O)C(=O)O. The van der Waals surface area contributed by atoms with Crippen LogP contribution in [0.15, 0.2) is 0 Å². The molecule has 0 aliphatic carbocycles. The smallest absolute Gasteiger partial charge is 0.326 e. The summed E-state index contributed by atoms with van der Waals surface area (Å²) >= 11 is 0. The quantitative estimate of drug-likeness (QED) is 0.409. The molecule has 17 heavy (non-hydrogen) atoms. The van der Waals surface area contributed by atoms with Gasteiger partial charge in [0.05, 0.1) is 19.6 Å². The Bertz CT molecular complexity index is 281. The number of amides is 2. The number of carboxylic acid groups (broad SMARTS) is 1. The van der Waals surface area contributed by atoms with Gasteiger partial charge in [-0.3, -0.25) is 9.59 Å². The molecule has 8 heteroatoms. The molecular weight excluding hydrogens is 232 g/mol. The first-order valence-electron chi connectivity index (χ1n) is 4.84. The topological polar surface area (TPSA) is 128 Å². The van der Waals surface area contributed by atoms with E-state index in [1.807, 2.05) is 0 Å². The van der Waals surface area contributed by atoms with E-state index >= 15 is 0 Å². The maximum Gasteiger partial charge on any atom is 0.326 e. The van der Waals surface area contributed by atoms with Crippen LogP contribution in [0.3, 0.4) is 0 Å². The number of carbonyl (C=O) groups is 3. The van der Waals surface area contributed by atoms with Crippen molar-refractivity contribution < 1.29 is 29.0 Å². The molecular formula is C9H16N2O6. The van der Waals surface area contributed by atoms with Crippen molar-refractivity contribution in [3.8, 4) is 0 Å². The second-order valence-corrected chi connectivity index (χ2v) is 3.17. The minimum Gasteiger partial charge on any atom is -0.480 e. The number of ether oxygens (including phenoxy) is 2. The Morgan fingerprint density at radius 3 is 2.47 bits per heavy atom. The number of carboxylic acids is 1. The summed E-state index contributed by atoms with van der Waals surface area (Å²) in [6.07, 6.45) is -0.459. The third-order valence-electron chi connectivity index (χ3n) is 1.70. The molecule has 0 rings (SSSR count). The van der Waals surface area contributed by atoms with E-state index in [9.17, 15) is 14.4 Å². The molecule has 1 atom stereocenters. The largest absolute Gasteiger partial charge is 0.480 e. The van der Waals surface area contributed by atoms with Crippen LogP contribution in [0.1, 0.15) is 6.42 Å². The van der Waals surface area contributed by atoms with Gasteiger partial charge in [-0.1, -0.05) is 0 Å². The molecule has 98 valence electrons. The molecule has 0 aromatic rings. The lowest BCUT2D eigenvalue weighted by atomic mass is 10.2. The molecule has 2 amide bonds. The molecule has 0 aliphatic rings. The molecule has 0 aliphatic heterocycles. The third-order valence-corrected chi connectivity index (χ3v) is 1.70. The van der Waals surface area contributed by atoms with E-state index in [-0.39, 0.29) is 13.2 Å². The summed E-state index contributed by atoms with van der Waals surface area (Å²) in [5.41, 5.74) is 4.85. The lowest BCUT2D eigenvalue weighted by Gasteiger charge is -2.12. The summed E-state index contributed by atoms with van der Waals surface area (Å²) in [5, 5.41) is 10.8. The fraction of sp³-hybridized carbons (Fsp3) is 0.667. The average molecular weight is 248 g/mol. The summed E-state index contributed by atoms with van der Waals surface area (Å²) in [5.74, 6) is -2.76. The molecule has 8 nitrogen and oxygen atoms in total. The number of carbonyl (C=O) groups excluding carboxylic acids is 2. The van der Waals surface area contributed by atoms with Gasteiger partial charge in [-0.25, -0.2) is 4.79 Å². The predicted octanol–water partition coefficient (Wildman–Crippen LogP) is -1.91. The minimum absolute atomic E-state index is 0.220. The van der Waals surface area contributed by atoms with Crippen molar-refractivity contribution in [1.29, 1.82) is 0 Å². The van der Waals surface area contributed by atoms with E-state index < -0.39 is 30.2 Å². The van der Waals surface area contributed by atoms with Crippen LogP contribution in [0.5, 0.6) is 0 Å². The van der Waals surface area contributed by atoms with Gasteiger partial charge >= 0.3 is 5.97 Å². The first-order valence-corrected chi connectivity index (χ1v) is 4.84. The molecule has 0 radical (unpaired) electrons. The molecule has 0 spiro atoms. The van der Waals surface area contributed by atoms with Crippen LogP contribution in [0.4, 0.5) is 0 Å². The Labute approximate surface area is 98.1 Å². The normalized spacial score (nSPS) is 11.8. The zero-order valence-electron chi connectivity index (χ0n) is 9.47. The van der Waals surface area contributed by atoms with Gasteiger partial charge in [0.1, 0.15) is 12.6 Å². The Hall–Kier alpha value is -1.67. The monoisotopic (exact) mass is 248 g/mol. The lowest BCUT2D eigenvalue weighted by Crippen LogP contribution is -2.44. The van der Waals surface area contributed by atoms with Crippen LogP contribution < -0.4 is 11.1 Å². The zero-order chi connectivity index (χ0) is 13.3. The predicted molar refractivity (Wildman–Crippen MR) is 56.1 cm³/mol. The van der Waals surface area contributed by atoms with E-state index in [1.165, 1.54) is 7.11 Å². The lowest BCUT2D eigenvalue weighted by molar-refractivity contribution is -0.144. The fourth-order valence-corrected chi connectivity index (χ4v) is 0.944. The molecule has 0 unspecified atom stereocenters. The summed E-state index contributed by atoms with van der Waals surface area (Å²) in [6, 6.07) is -1.33. The molecule has 0 fully saturated rings. The van der Waals surface area contributed by atoms with Gasteiger partial charge < -0.3 is 25.6 Å². The van der Waals surface area contributed by atoms with Crippen molar-refractivity contribution in [3.63, 3.8) is 0 Å².